The highest BCUT2D eigenvalue weighted by Crippen LogP contribution is 2.29. The summed E-state index contributed by atoms with van der Waals surface area (Å²) in [5, 5.41) is 0. The average Bonchev–Trinajstić information content (AvgIpc) is 2.17. The van der Waals surface area contributed by atoms with Crippen molar-refractivity contribution in [2.24, 2.45) is 11.8 Å². The van der Waals surface area contributed by atoms with E-state index in [1.807, 2.05) is 0 Å². The van der Waals surface area contributed by atoms with Crippen LogP contribution in [0.2, 0.25) is 0 Å². The summed E-state index contributed by atoms with van der Waals surface area (Å²) in [4.78, 5) is 0. The normalized spacial score (nSPS) is 13.1. The van der Waals surface area contributed by atoms with Gasteiger partial charge in [-0.3, -0.25) is 0 Å². The molecule has 0 aromatic heterocycles. The molecule has 0 heterocycles. The lowest BCUT2D eigenvalue weighted by molar-refractivity contribution is 0.273. The predicted octanol–water partition coefficient (Wildman–Crippen LogP) is 5.20. The van der Waals surface area contributed by atoms with Gasteiger partial charge in [0.1, 0.15) is 0 Å². The highest BCUT2D eigenvalue weighted by atomic mass is 14.2. The lowest BCUT2D eigenvalue weighted by Crippen LogP contribution is -2.14. The van der Waals surface area contributed by atoms with Crippen LogP contribution in [-0.2, 0) is 0 Å². The van der Waals surface area contributed by atoms with Crippen LogP contribution in [0.3, 0.4) is 0 Å². The SMILES string of the molecule is C=CCC(CCC)C(CCC)CCC. The molecular formula is C14H28. The summed E-state index contributed by atoms with van der Waals surface area (Å²) in [6, 6.07) is 0. The number of hydrogen-bond donors (Lipinski definition) is 0. The van der Waals surface area contributed by atoms with E-state index >= 15 is 0 Å². The van der Waals surface area contributed by atoms with E-state index in [4.69, 9.17) is 0 Å². The van der Waals surface area contributed by atoms with Crippen LogP contribution in [-0.4, -0.2) is 0 Å². The van der Waals surface area contributed by atoms with Gasteiger partial charge in [-0.15, -0.1) is 6.58 Å². The van der Waals surface area contributed by atoms with Crippen molar-refractivity contribution in [3.8, 4) is 0 Å². The van der Waals surface area contributed by atoms with Crippen LogP contribution >= 0.6 is 0 Å². The first-order valence-corrected chi connectivity index (χ1v) is 6.40. The van der Waals surface area contributed by atoms with E-state index in [2.05, 4.69) is 33.4 Å². The topological polar surface area (TPSA) is 0 Å². The lowest BCUT2D eigenvalue weighted by atomic mass is 9.80. The highest BCUT2D eigenvalue weighted by molar-refractivity contribution is 4.78. The highest BCUT2D eigenvalue weighted by Gasteiger charge is 2.17. The van der Waals surface area contributed by atoms with Crippen molar-refractivity contribution in [1.29, 1.82) is 0 Å². The Morgan fingerprint density at radius 3 is 1.64 bits per heavy atom. The predicted molar refractivity (Wildman–Crippen MR) is 66.5 cm³/mol. The number of allylic oxidation sites excluding steroid dienone is 1. The molecule has 0 aromatic rings. The summed E-state index contributed by atoms with van der Waals surface area (Å²) in [7, 11) is 0. The minimum atomic E-state index is 0.900. The molecule has 0 aromatic carbocycles. The van der Waals surface area contributed by atoms with E-state index < -0.39 is 0 Å². The van der Waals surface area contributed by atoms with Crippen molar-refractivity contribution in [3.05, 3.63) is 12.7 Å². The third-order valence-electron chi connectivity index (χ3n) is 3.11. The van der Waals surface area contributed by atoms with Crippen LogP contribution in [0.5, 0.6) is 0 Å². The molecule has 0 aliphatic rings. The summed E-state index contributed by atoms with van der Waals surface area (Å²) >= 11 is 0. The second-order valence-corrected chi connectivity index (χ2v) is 4.41. The molecule has 84 valence electrons. The second kappa shape index (κ2) is 9.30. The van der Waals surface area contributed by atoms with Gasteiger partial charge in [0.25, 0.3) is 0 Å². The van der Waals surface area contributed by atoms with E-state index in [1.54, 1.807) is 0 Å². The van der Waals surface area contributed by atoms with Crippen molar-refractivity contribution in [3.63, 3.8) is 0 Å². The Kier molecular flexibility index (Phi) is 9.13. The molecule has 0 amide bonds. The molecule has 0 N–H and O–H groups in total. The molecule has 0 spiro atoms. The van der Waals surface area contributed by atoms with Gasteiger partial charge in [-0.25, -0.2) is 0 Å². The van der Waals surface area contributed by atoms with Crippen molar-refractivity contribution >= 4 is 0 Å². The summed E-state index contributed by atoms with van der Waals surface area (Å²) in [6.07, 6.45) is 11.5. The number of rotatable bonds is 9. The Bertz CT molecular complexity index is 120. The maximum atomic E-state index is 3.89. The second-order valence-electron chi connectivity index (χ2n) is 4.41. The van der Waals surface area contributed by atoms with Crippen LogP contribution < -0.4 is 0 Å². The fourth-order valence-electron chi connectivity index (χ4n) is 2.49. The molecule has 1 unspecified atom stereocenters. The summed E-state index contributed by atoms with van der Waals surface area (Å²) in [5.41, 5.74) is 0. The van der Waals surface area contributed by atoms with Crippen LogP contribution in [0, 0.1) is 11.8 Å². The van der Waals surface area contributed by atoms with E-state index in [-0.39, 0.29) is 0 Å². The molecule has 0 bridgehead atoms. The van der Waals surface area contributed by atoms with Gasteiger partial charge in [-0.2, -0.15) is 0 Å². The Morgan fingerprint density at radius 2 is 1.29 bits per heavy atom. The van der Waals surface area contributed by atoms with E-state index in [0.717, 1.165) is 11.8 Å². The van der Waals surface area contributed by atoms with Gasteiger partial charge in [-0.1, -0.05) is 65.4 Å². The van der Waals surface area contributed by atoms with Crippen LogP contribution in [0.15, 0.2) is 12.7 Å². The fraction of sp³-hybridized carbons (Fsp3) is 0.857. The average molecular weight is 196 g/mol. The molecule has 0 saturated carbocycles. The summed E-state index contributed by atoms with van der Waals surface area (Å²) in [5.74, 6) is 1.85. The van der Waals surface area contributed by atoms with Crippen LogP contribution in [0.4, 0.5) is 0 Å². The maximum Gasteiger partial charge on any atom is -0.0322 e. The van der Waals surface area contributed by atoms with Gasteiger partial charge in [0.2, 0.25) is 0 Å². The van der Waals surface area contributed by atoms with Crippen LogP contribution in [0.25, 0.3) is 0 Å². The molecule has 0 radical (unpaired) electrons. The molecule has 0 heteroatoms. The molecule has 0 fully saturated rings. The quantitative estimate of drug-likeness (QED) is 0.445. The summed E-state index contributed by atoms with van der Waals surface area (Å²) < 4.78 is 0. The Labute approximate surface area is 90.8 Å². The third-order valence-corrected chi connectivity index (χ3v) is 3.11. The zero-order valence-electron chi connectivity index (χ0n) is 10.4. The third kappa shape index (κ3) is 5.47. The van der Waals surface area contributed by atoms with Crippen molar-refractivity contribution in [2.45, 2.75) is 65.7 Å². The van der Waals surface area contributed by atoms with Crippen molar-refractivity contribution in [1.82, 2.24) is 0 Å². The molecule has 0 aliphatic carbocycles. The first-order valence-electron chi connectivity index (χ1n) is 6.40. The van der Waals surface area contributed by atoms with Crippen molar-refractivity contribution < 1.29 is 0 Å². The first kappa shape index (κ1) is 13.7. The van der Waals surface area contributed by atoms with Gasteiger partial charge >= 0.3 is 0 Å². The monoisotopic (exact) mass is 196 g/mol. The van der Waals surface area contributed by atoms with E-state index in [1.165, 1.54) is 44.9 Å². The standard InChI is InChI=1S/C14H28/c1-5-9-13(10-6-2)14(11-7-3)12-8-4/h5,13-14H,1,6-12H2,2-4H3. The fourth-order valence-corrected chi connectivity index (χ4v) is 2.49. The first-order chi connectivity index (χ1) is 6.79. The van der Waals surface area contributed by atoms with Gasteiger partial charge in [0.05, 0.1) is 0 Å². The Balaban J connectivity index is 4.12. The molecular weight excluding hydrogens is 168 g/mol. The van der Waals surface area contributed by atoms with Gasteiger partial charge in [0.15, 0.2) is 0 Å². The zero-order chi connectivity index (χ0) is 10.8. The molecule has 0 aliphatic heterocycles. The van der Waals surface area contributed by atoms with Crippen molar-refractivity contribution in [2.75, 3.05) is 0 Å². The molecule has 14 heavy (non-hydrogen) atoms. The lowest BCUT2D eigenvalue weighted by Gasteiger charge is -2.25. The minimum Gasteiger partial charge on any atom is -0.103 e. The van der Waals surface area contributed by atoms with Gasteiger partial charge in [0, 0.05) is 0 Å². The zero-order valence-corrected chi connectivity index (χ0v) is 10.4. The Morgan fingerprint density at radius 1 is 0.857 bits per heavy atom. The smallest absolute Gasteiger partial charge is 0.0322 e. The van der Waals surface area contributed by atoms with E-state index in [9.17, 15) is 0 Å². The van der Waals surface area contributed by atoms with Crippen LogP contribution in [0.1, 0.15) is 65.7 Å². The Hall–Kier alpha value is -0.260. The molecule has 0 rings (SSSR count). The minimum absolute atomic E-state index is 0.900. The largest absolute Gasteiger partial charge is 0.103 e. The number of hydrogen-bond acceptors (Lipinski definition) is 0. The molecule has 1 atom stereocenters. The summed E-state index contributed by atoms with van der Waals surface area (Å²) in [6.45, 7) is 10.8. The maximum absolute atomic E-state index is 3.89. The van der Waals surface area contributed by atoms with Gasteiger partial charge < -0.3 is 0 Å². The van der Waals surface area contributed by atoms with Gasteiger partial charge in [-0.05, 0) is 18.3 Å². The van der Waals surface area contributed by atoms with E-state index in [0.29, 0.717) is 0 Å². The molecule has 0 saturated heterocycles. The molecule has 0 nitrogen and oxygen atoms in total.